The lowest BCUT2D eigenvalue weighted by Gasteiger charge is -2.09. The number of benzene rings is 3. The third kappa shape index (κ3) is 4.94. The topological polar surface area (TPSA) is 56.5 Å². The normalized spacial score (nSPS) is 11.4. The van der Waals surface area contributed by atoms with Gasteiger partial charge in [0.1, 0.15) is 18.2 Å². The zero-order valence-corrected chi connectivity index (χ0v) is 20.1. The first kappa shape index (κ1) is 21.5. The van der Waals surface area contributed by atoms with Crippen LogP contribution in [0.15, 0.2) is 79.5 Å². The highest BCUT2D eigenvalue weighted by Gasteiger charge is 2.08. The van der Waals surface area contributed by atoms with Gasteiger partial charge in [-0.05, 0) is 77.3 Å². The molecule has 7 heteroatoms. The maximum atomic E-state index is 12.8. The minimum Gasteiger partial charge on any atom is -0.488 e. The van der Waals surface area contributed by atoms with Crippen molar-refractivity contribution in [3.05, 3.63) is 102 Å². The fourth-order valence-corrected chi connectivity index (χ4v) is 4.07. The van der Waals surface area contributed by atoms with Crippen LogP contribution in [0.1, 0.15) is 22.5 Å². The number of hydrogen-bond acceptors (Lipinski definition) is 4. The quantitative estimate of drug-likeness (QED) is 0.292. The molecule has 0 spiro atoms. The summed E-state index contributed by atoms with van der Waals surface area (Å²) >= 11 is 6.96. The molecule has 0 fully saturated rings. The second-order valence-electron chi connectivity index (χ2n) is 7.15. The van der Waals surface area contributed by atoms with E-state index in [0.29, 0.717) is 23.3 Å². The van der Waals surface area contributed by atoms with Crippen LogP contribution in [0.2, 0.25) is 0 Å². The SMILES string of the molecule is Cc1cccc(COc2ccc(C=Nn3c(C)nc4ccc(Br)cc4c3=O)cc2Br)c1. The molecule has 0 saturated carbocycles. The summed E-state index contributed by atoms with van der Waals surface area (Å²) in [5.41, 5.74) is 3.58. The second kappa shape index (κ2) is 9.16. The van der Waals surface area contributed by atoms with Crippen molar-refractivity contribution in [3.63, 3.8) is 0 Å². The van der Waals surface area contributed by atoms with E-state index in [9.17, 15) is 4.79 Å². The summed E-state index contributed by atoms with van der Waals surface area (Å²) in [6, 6.07) is 19.3. The molecular weight excluding hydrogens is 522 g/mol. The third-order valence-electron chi connectivity index (χ3n) is 4.73. The van der Waals surface area contributed by atoms with E-state index in [1.54, 1.807) is 19.2 Å². The van der Waals surface area contributed by atoms with E-state index in [1.165, 1.54) is 10.2 Å². The Morgan fingerprint density at radius 2 is 1.90 bits per heavy atom. The molecule has 0 amide bonds. The van der Waals surface area contributed by atoms with Crippen LogP contribution in [0.5, 0.6) is 5.75 Å². The lowest BCUT2D eigenvalue weighted by atomic mass is 10.1. The molecule has 0 radical (unpaired) electrons. The molecule has 0 atom stereocenters. The van der Waals surface area contributed by atoms with E-state index in [2.05, 4.69) is 61.0 Å². The number of ether oxygens (including phenoxy) is 1. The smallest absolute Gasteiger partial charge is 0.282 e. The van der Waals surface area contributed by atoms with Crippen LogP contribution in [0.3, 0.4) is 0 Å². The first-order valence-corrected chi connectivity index (χ1v) is 11.2. The van der Waals surface area contributed by atoms with E-state index in [4.69, 9.17) is 4.74 Å². The van der Waals surface area contributed by atoms with Crippen molar-refractivity contribution in [2.75, 3.05) is 0 Å². The fourth-order valence-electron chi connectivity index (χ4n) is 3.20. The van der Waals surface area contributed by atoms with Gasteiger partial charge in [-0.2, -0.15) is 9.78 Å². The number of aryl methyl sites for hydroxylation is 2. The molecule has 3 aromatic carbocycles. The van der Waals surface area contributed by atoms with Gasteiger partial charge in [0.05, 0.1) is 21.6 Å². The van der Waals surface area contributed by atoms with E-state index in [1.807, 2.05) is 42.5 Å². The molecule has 0 aliphatic rings. The van der Waals surface area contributed by atoms with Gasteiger partial charge in [-0.25, -0.2) is 4.98 Å². The fraction of sp³-hybridized carbons (Fsp3) is 0.125. The summed E-state index contributed by atoms with van der Waals surface area (Å²) in [6.45, 7) is 4.31. The Kier molecular flexibility index (Phi) is 6.34. The lowest BCUT2D eigenvalue weighted by Crippen LogP contribution is -2.20. The van der Waals surface area contributed by atoms with Gasteiger partial charge in [-0.15, -0.1) is 0 Å². The molecule has 0 N–H and O–H groups in total. The van der Waals surface area contributed by atoms with E-state index in [0.717, 1.165) is 25.8 Å². The first-order valence-electron chi connectivity index (χ1n) is 9.62. The van der Waals surface area contributed by atoms with Gasteiger partial charge in [-0.3, -0.25) is 4.79 Å². The Hall–Kier alpha value is -2.77. The Morgan fingerprint density at radius 3 is 2.68 bits per heavy atom. The van der Waals surface area contributed by atoms with Crippen LogP contribution in [-0.4, -0.2) is 15.9 Å². The summed E-state index contributed by atoms with van der Waals surface area (Å²) < 4.78 is 8.88. The molecule has 156 valence electrons. The summed E-state index contributed by atoms with van der Waals surface area (Å²) in [5.74, 6) is 1.26. The van der Waals surface area contributed by atoms with Gasteiger partial charge >= 0.3 is 0 Å². The maximum absolute atomic E-state index is 12.8. The van der Waals surface area contributed by atoms with Gasteiger partial charge in [-0.1, -0.05) is 45.8 Å². The standard InChI is InChI=1S/C24H19Br2N3O2/c1-15-4-3-5-18(10-15)14-31-23-9-6-17(11-21(23)26)13-27-29-16(2)28-22-8-7-19(25)12-20(22)24(29)30/h3-13H,14H2,1-2H3. The molecule has 4 aromatic rings. The summed E-state index contributed by atoms with van der Waals surface area (Å²) in [7, 11) is 0. The van der Waals surface area contributed by atoms with E-state index < -0.39 is 0 Å². The molecule has 1 aromatic heterocycles. The summed E-state index contributed by atoms with van der Waals surface area (Å²) in [4.78, 5) is 17.3. The van der Waals surface area contributed by atoms with Gasteiger partial charge in [0.2, 0.25) is 0 Å². The van der Waals surface area contributed by atoms with Crippen molar-refractivity contribution in [3.8, 4) is 5.75 Å². The van der Waals surface area contributed by atoms with Crippen LogP contribution < -0.4 is 10.3 Å². The first-order chi connectivity index (χ1) is 14.9. The number of aromatic nitrogens is 2. The summed E-state index contributed by atoms with van der Waals surface area (Å²) in [5, 5.41) is 4.88. The zero-order valence-electron chi connectivity index (χ0n) is 17.0. The van der Waals surface area contributed by atoms with Crippen LogP contribution in [-0.2, 0) is 6.61 Å². The Morgan fingerprint density at radius 1 is 1.06 bits per heavy atom. The highest BCUT2D eigenvalue weighted by atomic mass is 79.9. The monoisotopic (exact) mass is 539 g/mol. The van der Waals surface area contributed by atoms with Crippen LogP contribution in [0.25, 0.3) is 10.9 Å². The van der Waals surface area contributed by atoms with Gasteiger partial charge < -0.3 is 4.74 Å². The molecule has 31 heavy (non-hydrogen) atoms. The van der Waals surface area contributed by atoms with E-state index in [-0.39, 0.29) is 5.56 Å². The average molecular weight is 541 g/mol. The predicted molar refractivity (Wildman–Crippen MR) is 131 cm³/mol. The molecular formula is C24H19Br2N3O2. The van der Waals surface area contributed by atoms with Crippen molar-refractivity contribution in [1.82, 2.24) is 9.66 Å². The third-order valence-corrected chi connectivity index (χ3v) is 5.84. The van der Waals surface area contributed by atoms with E-state index >= 15 is 0 Å². The summed E-state index contributed by atoms with van der Waals surface area (Å²) in [6.07, 6.45) is 1.63. The molecule has 0 aliphatic carbocycles. The Labute approximate surface area is 196 Å². The van der Waals surface area contributed by atoms with Gasteiger partial charge in [0.15, 0.2) is 0 Å². The second-order valence-corrected chi connectivity index (χ2v) is 8.92. The van der Waals surface area contributed by atoms with Crippen molar-refractivity contribution < 1.29 is 4.74 Å². The molecule has 0 aliphatic heterocycles. The van der Waals surface area contributed by atoms with Crippen molar-refractivity contribution >= 4 is 49.0 Å². The predicted octanol–water partition coefficient (Wildman–Crippen LogP) is 6.00. The zero-order chi connectivity index (χ0) is 22.0. The minimum absolute atomic E-state index is 0.211. The van der Waals surface area contributed by atoms with Gasteiger partial charge in [0.25, 0.3) is 5.56 Å². The number of rotatable bonds is 5. The lowest BCUT2D eigenvalue weighted by molar-refractivity contribution is 0.304. The minimum atomic E-state index is -0.211. The highest BCUT2D eigenvalue weighted by molar-refractivity contribution is 9.10. The molecule has 5 nitrogen and oxygen atoms in total. The van der Waals surface area contributed by atoms with Gasteiger partial charge in [0, 0.05) is 4.47 Å². The Balaban J connectivity index is 1.56. The molecule has 1 heterocycles. The maximum Gasteiger partial charge on any atom is 0.282 e. The molecule has 4 rings (SSSR count). The Bertz CT molecular complexity index is 1360. The van der Waals surface area contributed by atoms with Crippen LogP contribution in [0.4, 0.5) is 0 Å². The van der Waals surface area contributed by atoms with Crippen molar-refractivity contribution in [2.24, 2.45) is 5.10 Å². The van der Waals surface area contributed by atoms with Crippen molar-refractivity contribution in [2.45, 2.75) is 20.5 Å². The molecule has 0 bridgehead atoms. The number of nitrogens with zero attached hydrogens (tertiary/aromatic N) is 3. The molecule has 0 saturated heterocycles. The van der Waals surface area contributed by atoms with Crippen LogP contribution >= 0.6 is 31.9 Å². The largest absolute Gasteiger partial charge is 0.488 e. The average Bonchev–Trinajstić information content (AvgIpc) is 2.74. The van der Waals surface area contributed by atoms with Crippen molar-refractivity contribution in [1.29, 1.82) is 0 Å². The number of hydrogen-bond donors (Lipinski definition) is 0. The highest BCUT2D eigenvalue weighted by Crippen LogP contribution is 2.26. The number of halogens is 2. The molecule has 0 unspecified atom stereocenters. The number of fused-ring (bicyclic) bond motifs is 1. The van der Waals surface area contributed by atoms with Crippen LogP contribution in [0, 0.1) is 13.8 Å².